The van der Waals surface area contributed by atoms with Gasteiger partial charge in [-0.15, -0.1) is 0 Å². The molecule has 0 aliphatic carbocycles. The van der Waals surface area contributed by atoms with Gasteiger partial charge in [-0.1, -0.05) is 57.5 Å². The number of nitrogens with one attached hydrogen (secondary N) is 1. The van der Waals surface area contributed by atoms with Crippen LogP contribution in [0.2, 0.25) is 0 Å². The van der Waals surface area contributed by atoms with E-state index in [9.17, 15) is 4.39 Å². The number of hydrogen-bond donors (Lipinski definition) is 1. The Morgan fingerprint density at radius 2 is 1.67 bits per heavy atom. The standard InChI is InChI=1S/C19H24FN/c1-4-5-15-6-9-17(10-7-15)18-12-16(8-11-19(18)20)13-21-14(2)3/h6-12,14,21H,4-5,13H2,1-3H3. The molecule has 0 aliphatic heterocycles. The van der Waals surface area contributed by atoms with Crippen LogP contribution in [-0.4, -0.2) is 6.04 Å². The third kappa shape index (κ3) is 4.40. The van der Waals surface area contributed by atoms with Gasteiger partial charge >= 0.3 is 0 Å². The first kappa shape index (κ1) is 15.7. The summed E-state index contributed by atoms with van der Waals surface area (Å²) in [5.41, 5.74) is 4.04. The number of halogens is 1. The maximum absolute atomic E-state index is 14.1. The molecular formula is C19H24FN. The van der Waals surface area contributed by atoms with Crippen molar-refractivity contribution in [1.82, 2.24) is 5.32 Å². The average molecular weight is 285 g/mol. The van der Waals surface area contributed by atoms with E-state index in [4.69, 9.17) is 0 Å². The Labute approximate surface area is 127 Å². The van der Waals surface area contributed by atoms with Gasteiger partial charge < -0.3 is 5.32 Å². The fraction of sp³-hybridized carbons (Fsp3) is 0.368. The van der Waals surface area contributed by atoms with Gasteiger partial charge in [-0.2, -0.15) is 0 Å². The molecule has 2 heteroatoms. The smallest absolute Gasteiger partial charge is 0.131 e. The van der Waals surface area contributed by atoms with Crippen molar-refractivity contribution in [2.24, 2.45) is 0 Å². The summed E-state index contributed by atoms with van der Waals surface area (Å²) < 4.78 is 14.1. The van der Waals surface area contributed by atoms with E-state index in [0.717, 1.165) is 30.5 Å². The van der Waals surface area contributed by atoms with Crippen LogP contribution in [0.4, 0.5) is 4.39 Å². The monoisotopic (exact) mass is 285 g/mol. The second-order valence-corrected chi connectivity index (χ2v) is 5.80. The van der Waals surface area contributed by atoms with Crippen LogP contribution >= 0.6 is 0 Å². The van der Waals surface area contributed by atoms with Gasteiger partial charge in [0.25, 0.3) is 0 Å². The van der Waals surface area contributed by atoms with Gasteiger partial charge in [0.2, 0.25) is 0 Å². The Morgan fingerprint density at radius 1 is 1.00 bits per heavy atom. The van der Waals surface area contributed by atoms with Crippen molar-refractivity contribution in [3.8, 4) is 11.1 Å². The number of hydrogen-bond acceptors (Lipinski definition) is 1. The van der Waals surface area contributed by atoms with E-state index >= 15 is 0 Å². The van der Waals surface area contributed by atoms with E-state index in [1.807, 2.05) is 24.3 Å². The highest BCUT2D eigenvalue weighted by atomic mass is 19.1. The van der Waals surface area contributed by atoms with Gasteiger partial charge in [0, 0.05) is 18.2 Å². The fourth-order valence-electron chi connectivity index (χ4n) is 2.37. The molecule has 0 aromatic heterocycles. The third-order valence-electron chi connectivity index (χ3n) is 3.55. The van der Waals surface area contributed by atoms with Gasteiger partial charge in [0.15, 0.2) is 0 Å². The lowest BCUT2D eigenvalue weighted by molar-refractivity contribution is 0.586. The van der Waals surface area contributed by atoms with Crippen LogP contribution in [-0.2, 0) is 13.0 Å². The van der Waals surface area contributed by atoms with E-state index in [1.165, 1.54) is 5.56 Å². The highest BCUT2D eigenvalue weighted by Crippen LogP contribution is 2.24. The summed E-state index contributed by atoms with van der Waals surface area (Å²) in [7, 11) is 0. The number of rotatable bonds is 6. The molecule has 0 amide bonds. The highest BCUT2D eigenvalue weighted by molar-refractivity contribution is 5.65. The lowest BCUT2D eigenvalue weighted by Gasteiger charge is -2.11. The molecule has 0 unspecified atom stereocenters. The molecule has 0 atom stereocenters. The van der Waals surface area contributed by atoms with Crippen molar-refractivity contribution < 1.29 is 4.39 Å². The van der Waals surface area contributed by atoms with Crippen molar-refractivity contribution in [3.05, 3.63) is 59.4 Å². The molecule has 0 bridgehead atoms. The largest absolute Gasteiger partial charge is 0.310 e. The van der Waals surface area contributed by atoms with Crippen LogP contribution < -0.4 is 5.32 Å². The predicted molar refractivity (Wildman–Crippen MR) is 87.8 cm³/mol. The van der Waals surface area contributed by atoms with Crippen LogP contribution in [0.1, 0.15) is 38.3 Å². The van der Waals surface area contributed by atoms with Gasteiger partial charge in [-0.05, 0) is 35.2 Å². The molecule has 0 fully saturated rings. The molecule has 2 rings (SSSR count). The molecule has 1 nitrogen and oxygen atoms in total. The number of aryl methyl sites for hydroxylation is 1. The Bertz CT molecular complexity index is 573. The second kappa shape index (κ2) is 7.37. The molecule has 0 heterocycles. The summed E-state index contributed by atoms with van der Waals surface area (Å²) in [6, 6.07) is 14.0. The first-order chi connectivity index (χ1) is 10.1. The fourth-order valence-corrected chi connectivity index (χ4v) is 2.37. The summed E-state index contributed by atoms with van der Waals surface area (Å²) in [6.45, 7) is 7.14. The lowest BCUT2D eigenvalue weighted by Crippen LogP contribution is -2.21. The van der Waals surface area contributed by atoms with Crippen LogP contribution in [0, 0.1) is 5.82 Å². The summed E-state index contributed by atoms with van der Waals surface area (Å²) >= 11 is 0. The summed E-state index contributed by atoms with van der Waals surface area (Å²) in [4.78, 5) is 0. The van der Waals surface area contributed by atoms with Crippen molar-refractivity contribution in [1.29, 1.82) is 0 Å². The van der Waals surface area contributed by atoms with E-state index in [2.05, 4.69) is 38.2 Å². The minimum absolute atomic E-state index is 0.161. The zero-order chi connectivity index (χ0) is 15.2. The quantitative estimate of drug-likeness (QED) is 0.792. The van der Waals surface area contributed by atoms with Crippen LogP contribution in [0.3, 0.4) is 0 Å². The minimum Gasteiger partial charge on any atom is -0.310 e. The van der Waals surface area contributed by atoms with Crippen molar-refractivity contribution >= 4 is 0 Å². The van der Waals surface area contributed by atoms with Crippen LogP contribution in [0.5, 0.6) is 0 Å². The Hall–Kier alpha value is -1.67. The summed E-state index contributed by atoms with van der Waals surface area (Å²) in [5, 5.41) is 3.36. The molecule has 0 saturated heterocycles. The highest BCUT2D eigenvalue weighted by Gasteiger charge is 2.07. The molecular weight excluding hydrogens is 261 g/mol. The molecule has 2 aromatic rings. The topological polar surface area (TPSA) is 12.0 Å². The number of benzene rings is 2. The Balaban J connectivity index is 2.23. The SMILES string of the molecule is CCCc1ccc(-c2cc(CNC(C)C)ccc2F)cc1. The van der Waals surface area contributed by atoms with Gasteiger partial charge in [-0.25, -0.2) is 4.39 Å². The van der Waals surface area contributed by atoms with E-state index in [-0.39, 0.29) is 5.82 Å². The summed E-state index contributed by atoms with van der Waals surface area (Å²) in [5.74, 6) is -0.161. The van der Waals surface area contributed by atoms with Crippen molar-refractivity contribution in [2.75, 3.05) is 0 Å². The Kier molecular flexibility index (Phi) is 5.51. The summed E-state index contributed by atoms with van der Waals surface area (Å²) in [6.07, 6.45) is 2.20. The zero-order valence-corrected chi connectivity index (χ0v) is 13.1. The molecule has 2 aromatic carbocycles. The van der Waals surface area contributed by atoms with Crippen LogP contribution in [0.25, 0.3) is 11.1 Å². The Morgan fingerprint density at radius 3 is 2.29 bits per heavy atom. The molecule has 0 spiro atoms. The lowest BCUT2D eigenvalue weighted by atomic mass is 10.00. The molecule has 21 heavy (non-hydrogen) atoms. The van der Waals surface area contributed by atoms with Crippen molar-refractivity contribution in [3.63, 3.8) is 0 Å². The maximum atomic E-state index is 14.1. The van der Waals surface area contributed by atoms with E-state index in [1.54, 1.807) is 6.07 Å². The average Bonchev–Trinajstić information content (AvgIpc) is 2.47. The van der Waals surface area contributed by atoms with Gasteiger partial charge in [0.1, 0.15) is 5.82 Å². The third-order valence-corrected chi connectivity index (χ3v) is 3.55. The normalized spacial score (nSPS) is 11.1. The molecule has 0 saturated carbocycles. The van der Waals surface area contributed by atoms with Gasteiger partial charge in [-0.3, -0.25) is 0 Å². The zero-order valence-electron chi connectivity index (χ0n) is 13.1. The van der Waals surface area contributed by atoms with E-state index in [0.29, 0.717) is 11.6 Å². The maximum Gasteiger partial charge on any atom is 0.131 e. The molecule has 0 aliphatic rings. The predicted octanol–water partition coefficient (Wildman–Crippen LogP) is 4.94. The molecule has 0 radical (unpaired) electrons. The first-order valence-corrected chi connectivity index (χ1v) is 7.71. The van der Waals surface area contributed by atoms with Gasteiger partial charge in [0.05, 0.1) is 0 Å². The molecule has 112 valence electrons. The minimum atomic E-state index is -0.161. The van der Waals surface area contributed by atoms with E-state index < -0.39 is 0 Å². The molecule has 1 N–H and O–H groups in total. The van der Waals surface area contributed by atoms with Crippen LogP contribution in [0.15, 0.2) is 42.5 Å². The first-order valence-electron chi connectivity index (χ1n) is 7.71. The second-order valence-electron chi connectivity index (χ2n) is 5.80. The van der Waals surface area contributed by atoms with Crippen molar-refractivity contribution in [2.45, 2.75) is 46.2 Å².